The SMILES string of the molecule is COc1c(Cl)cc(C2(c3cc(Cl)c(OC)c(Cl)c3)C[C@@H]3C[C@H]2[C@@H]2CCC[C@H]32)cc1Cl. The van der Waals surface area contributed by atoms with Crippen LogP contribution in [0.2, 0.25) is 20.1 Å². The minimum Gasteiger partial charge on any atom is -0.494 e. The van der Waals surface area contributed by atoms with Crippen LogP contribution in [0.4, 0.5) is 0 Å². The molecule has 0 radical (unpaired) electrons. The molecule has 6 heteroatoms. The standard InChI is InChI=1S/C24H24Cl4O2/c1-29-22-18(25)7-13(8-19(22)26)24(14-9-20(27)23(30-2)21(28)10-14)11-12-6-17(24)16-5-3-4-15(12)16/h7-10,12,15-17H,3-6,11H2,1-2H3/t12-,15+,16+,17-/m0/s1. The Morgan fingerprint density at radius 1 is 0.767 bits per heavy atom. The van der Waals surface area contributed by atoms with Gasteiger partial charge >= 0.3 is 0 Å². The lowest BCUT2D eigenvalue weighted by atomic mass is 9.59. The molecule has 3 fully saturated rings. The Bertz CT molecular complexity index is 899. The van der Waals surface area contributed by atoms with Crippen molar-refractivity contribution in [3.05, 3.63) is 55.5 Å². The summed E-state index contributed by atoms with van der Waals surface area (Å²) in [6, 6.07) is 8.12. The number of benzene rings is 2. The molecule has 0 spiro atoms. The van der Waals surface area contributed by atoms with E-state index in [0.717, 1.165) is 29.4 Å². The van der Waals surface area contributed by atoms with Gasteiger partial charge in [-0.2, -0.15) is 0 Å². The fourth-order valence-electron chi connectivity index (χ4n) is 7.00. The zero-order valence-corrected chi connectivity index (χ0v) is 20.0. The van der Waals surface area contributed by atoms with Crippen molar-refractivity contribution in [2.24, 2.45) is 23.7 Å². The van der Waals surface area contributed by atoms with Crippen molar-refractivity contribution < 1.29 is 9.47 Å². The quantitative estimate of drug-likeness (QED) is 0.435. The average molecular weight is 486 g/mol. The molecule has 2 bridgehead atoms. The lowest BCUT2D eigenvalue weighted by Crippen LogP contribution is -2.40. The Kier molecular flexibility index (Phi) is 5.38. The van der Waals surface area contributed by atoms with Crippen molar-refractivity contribution in [2.45, 2.75) is 37.5 Å². The summed E-state index contributed by atoms with van der Waals surface area (Å²) in [7, 11) is 3.18. The Morgan fingerprint density at radius 2 is 1.23 bits per heavy atom. The summed E-state index contributed by atoms with van der Waals surface area (Å²) in [5, 5.41) is 2.15. The summed E-state index contributed by atoms with van der Waals surface area (Å²) in [4.78, 5) is 0. The second-order valence-electron chi connectivity index (χ2n) is 8.98. The van der Waals surface area contributed by atoms with Crippen molar-refractivity contribution in [2.75, 3.05) is 14.2 Å². The highest BCUT2D eigenvalue weighted by Gasteiger charge is 2.62. The van der Waals surface area contributed by atoms with Crippen LogP contribution >= 0.6 is 46.4 Å². The van der Waals surface area contributed by atoms with E-state index in [1.807, 2.05) is 24.3 Å². The Morgan fingerprint density at radius 3 is 1.70 bits per heavy atom. The molecule has 0 N–H and O–H groups in total. The number of hydrogen-bond acceptors (Lipinski definition) is 2. The highest BCUT2D eigenvalue weighted by atomic mass is 35.5. The molecule has 3 saturated carbocycles. The molecule has 2 aromatic rings. The van der Waals surface area contributed by atoms with Crippen LogP contribution in [0.25, 0.3) is 0 Å². The minimum absolute atomic E-state index is 0.213. The summed E-state index contributed by atoms with van der Waals surface area (Å²) in [6.07, 6.45) is 6.28. The van der Waals surface area contributed by atoms with Crippen molar-refractivity contribution >= 4 is 46.4 Å². The smallest absolute Gasteiger partial charge is 0.156 e. The van der Waals surface area contributed by atoms with E-state index in [4.69, 9.17) is 55.9 Å². The summed E-state index contributed by atoms with van der Waals surface area (Å²) in [6.45, 7) is 0. The van der Waals surface area contributed by atoms with Gasteiger partial charge in [0.05, 0.1) is 34.3 Å². The van der Waals surface area contributed by atoms with Gasteiger partial charge in [0.25, 0.3) is 0 Å². The molecule has 0 aromatic heterocycles. The average Bonchev–Trinajstić information content (AvgIpc) is 3.40. The number of halogens is 4. The van der Waals surface area contributed by atoms with E-state index in [9.17, 15) is 0 Å². The zero-order valence-electron chi connectivity index (χ0n) is 17.0. The van der Waals surface area contributed by atoms with Gasteiger partial charge in [-0.3, -0.25) is 0 Å². The molecule has 0 saturated heterocycles. The van der Waals surface area contributed by atoms with Crippen LogP contribution in [0.5, 0.6) is 11.5 Å². The molecule has 160 valence electrons. The largest absolute Gasteiger partial charge is 0.494 e. The van der Waals surface area contributed by atoms with Crippen LogP contribution in [0.3, 0.4) is 0 Å². The number of fused-ring (bicyclic) bond motifs is 5. The van der Waals surface area contributed by atoms with Crippen LogP contribution < -0.4 is 9.47 Å². The maximum absolute atomic E-state index is 6.60. The lowest BCUT2D eigenvalue weighted by molar-refractivity contribution is 0.181. The molecular formula is C24H24Cl4O2. The van der Waals surface area contributed by atoms with Gasteiger partial charge in [-0.05, 0) is 84.7 Å². The molecule has 2 aromatic carbocycles. The fourth-order valence-corrected chi connectivity index (χ4v) is 8.28. The molecule has 3 aliphatic rings. The Balaban J connectivity index is 1.73. The second kappa shape index (κ2) is 7.66. The van der Waals surface area contributed by atoms with E-state index in [-0.39, 0.29) is 5.41 Å². The molecule has 0 amide bonds. The normalized spacial score (nSPS) is 28.6. The van der Waals surface area contributed by atoms with Crippen molar-refractivity contribution in [3.8, 4) is 11.5 Å². The Labute approximate surface area is 197 Å². The van der Waals surface area contributed by atoms with Gasteiger partial charge in [-0.1, -0.05) is 52.8 Å². The molecule has 0 heterocycles. The van der Waals surface area contributed by atoms with Gasteiger partial charge < -0.3 is 9.47 Å². The van der Waals surface area contributed by atoms with E-state index >= 15 is 0 Å². The number of ether oxygens (including phenoxy) is 2. The molecule has 0 aliphatic heterocycles. The second-order valence-corrected chi connectivity index (χ2v) is 10.6. The van der Waals surface area contributed by atoms with E-state index in [2.05, 4.69) is 0 Å². The summed E-state index contributed by atoms with van der Waals surface area (Å²) >= 11 is 26.4. The topological polar surface area (TPSA) is 18.5 Å². The maximum atomic E-state index is 6.60. The van der Waals surface area contributed by atoms with Crippen LogP contribution in [0.1, 0.15) is 43.2 Å². The summed E-state index contributed by atoms with van der Waals surface area (Å²) in [5.41, 5.74) is 2.05. The first-order valence-corrected chi connectivity index (χ1v) is 12.0. The number of hydrogen-bond donors (Lipinski definition) is 0. The van der Waals surface area contributed by atoms with Gasteiger partial charge in [0.2, 0.25) is 0 Å². The molecule has 5 rings (SSSR count). The van der Waals surface area contributed by atoms with E-state index in [1.54, 1.807) is 14.2 Å². The van der Waals surface area contributed by atoms with Gasteiger partial charge in [0.15, 0.2) is 11.5 Å². The first-order chi connectivity index (χ1) is 14.4. The summed E-state index contributed by atoms with van der Waals surface area (Å²) < 4.78 is 10.8. The fraction of sp³-hybridized carbons (Fsp3) is 0.500. The highest BCUT2D eigenvalue weighted by molar-refractivity contribution is 6.38. The molecule has 0 unspecified atom stereocenters. The maximum Gasteiger partial charge on any atom is 0.156 e. The third-order valence-electron chi connectivity index (χ3n) is 7.96. The highest BCUT2D eigenvalue weighted by Crippen LogP contribution is 2.68. The molecule has 4 atom stereocenters. The van der Waals surface area contributed by atoms with E-state index in [1.165, 1.54) is 25.7 Å². The third kappa shape index (κ3) is 2.90. The van der Waals surface area contributed by atoms with Crippen LogP contribution in [0, 0.1) is 23.7 Å². The number of rotatable bonds is 4. The van der Waals surface area contributed by atoms with Crippen LogP contribution in [-0.4, -0.2) is 14.2 Å². The van der Waals surface area contributed by atoms with Crippen molar-refractivity contribution in [1.82, 2.24) is 0 Å². The summed E-state index contributed by atoms with van der Waals surface area (Å²) in [5.74, 6) is 3.84. The van der Waals surface area contributed by atoms with Crippen molar-refractivity contribution in [1.29, 1.82) is 0 Å². The van der Waals surface area contributed by atoms with Crippen molar-refractivity contribution in [3.63, 3.8) is 0 Å². The minimum atomic E-state index is -0.213. The van der Waals surface area contributed by atoms with E-state index < -0.39 is 0 Å². The predicted molar refractivity (Wildman–Crippen MR) is 124 cm³/mol. The lowest BCUT2D eigenvalue weighted by Gasteiger charge is -2.44. The third-order valence-corrected chi connectivity index (χ3v) is 9.08. The van der Waals surface area contributed by atoms with Crippen LogP contribution in [0.15, 0.2) is 24.3 Å². The number of methoxy groups -OCH3 is 2. The Hall–Kier alpha value is -0.800. The van der Waals surface area contributed by atoms with Gasteiger partial charge in [0, 0.05) is 5.41 Å². The first kappa shape index (κ1) is 21.1. The molecule has 30 heavy (non-hydrogen) atoms. The zero-order chi connectivity index (χ0) is 21.2. The molecule has 3 aliphatic carbocycles. The van der Waals surface area contributed by atoms with Gasteiger partial charge in [0.1, 0.15) is 0 Å². The predicted octanol–water partition coefficient (Wildman–Crippen LogP) is 8.06. The van der Waals surface area contributed by atoms with Gasteiger partial charge in [-0.15, -0.1) is 0 Å². The van der Waals surface area contributed by atoms with E-state index in [0.29, 0.717) is 43.4 Å². The monoisotopic (exact) mass is 484 g/mol. The molecular weight excluding hydrogens is 462 g/mol. The van der Waals surface area contributed by atoms with Crippen LogP contribution in [-0.2, 0) is 5.41 Å². The van der Waals surface area contributed by atoms with Gasteiger partial charge in [-0.25, -0.2) is 0 Å². The molecule has 2 nitrogen and oxygen atoms in total. The first-order valence-electron chi connectivity index (χ1n) is 10.5.